The molecule has 1 fully saturated rings. The van der Waals surface area contributed by atoms with E-state index in [4.69, 9.17) is 9.47 Å². The number of H-pyrrole nitrogens is 1. The predicted octanol–water partition coefficient (Wildman–Crippen LogP) is 1.70. The molecule has 1 aliphatic heterocycles. The van der Waals surface area contributed by atoms with Crippen molar-refractivity contribution in [2.24, 2.45) is 0 Å². The molecule has 8 heteroatoms. The van der Waals surface area contributed by atoms with Crippen molar-refractivity contribution in [3.8, 4) is 5.88 Å². The van der Waals surface area contributed by atoms with Gasteiger partial charge in [0, 0.05) is 24.4 Å². The molecule has 2 atom stereocenters. The van der Waals surface area contributed by atoms with Crippen molar-refractivity contribution in [3.05, 3.63) is 36.4 Å². The first-order valence-electron chi connectivity index (χ1n) is 7.37. The zero-order valence-corrected chi connectivity index (χ0v) is 12.6. The Bertz CT molecular complexity index is 803. The van der Waals surface area contributed by atoms with E-state index < -0.39 is 0 Å². The molecule has 1 saturated heterocycles. The lowest BCUT2D eigenvalue weighted by Gasteiger charge is -2.20. The number of ether oxygens (including phenoxy) is 2. The topological polar surface area (TPSA) is 97.8 Å². The van der Waals surface area contributed by atoms with Crippen LogP contribution in [0.25, 0.3) is 11.0 Å². The molecule has 8 nitrogen and oxygen atoms in total. The normalized spacial score (nSPS) is 20.7. The summed E-state index contributed by atoms with van der Waals surface area (Å²) in [5.74, 6) is 1.35. The number of aromatic nitrogens is 5. The van der Waals surface area contributed by atoms with Crippen molar-refractivity contribution in [2.75, 3.05) is 19.0 Å². The Morgan fingerprint density at radius 2 is 2.22 bits per heavy atom. The molecule has 0 bridgehead atoms. The van der Waals surface area contributed by atoms with Crippen LogP contribution in [0.5, 0.6) is 5.88 Å². The van der Waals surface area contributed by atoms with Crippen LogP contribution in [0.2, 0.25) is 0 Å². The standard InChI is InChI=1S/C15H16N6O2/c1-22-12-3-2-9(6-16-12)13-11(4-5-23-13)20-14-10-7-19-21-15(10)18-8-17-14/h2-3,6-8,11,13H,4-5H2,1H3,(H2,17,18,19,20,21)/t11-,13+/m0/s1. The van der Waals surface area contributed by atoms with Gasteiger partial charge in [-0.15, -0.1) is 0 Å². The molecule has 0 spiro atoms. The van der Waals surface area contributed by atoms with Crippen molar-refractivity contribution in [2.45, 2.75) is 18.6 Å². The van der Waals surface area contributed by atoms with Gasteiger partial charge in [0.05, 0.1) is 24.7 Å². The Morgan fingerprint density at radius 1 is 1.26 bits per heavy atom. The van der Waals surface area contributed by atoms with Crippen LogP contribution in [0.15, 0.2) is 30.9 Å². The van der Waals surface area contributed by atoms with Crippen LogP contribution in [0.3, 0.4) is 0 Å². The van der Waals surface area contributed by atoms with Gasteiger partial charge in [0.25, 0.3) is 0 Å². The molecule has 0 aromatic carbocycles. The Balaban J connectivity index is 1.59. The lowest BCUT2D eigenvalue weighted by molar-refractivity contribution is 0.107. The van der Waals surface area contributed by atoms with Crippen molar-refractivity contribution in [1.82, 2.24) is 25.1 Å². The fourth-order valence-electron chi connectivity index (χ4n) is 2.80. The molecule has 118 valence electrons. The highest BCUT2D eigenvalue weighted by atomic mass is 16.5. The lowest BCUT2D eigenvalue weighted by atomic mass is 10.0. The van der Waals surface area contributed by atoms with Gasteiger partial charge in [-0.2, -0.15) is 5.10 Å². The Morgan fingerprint density at radius 3 is 3.04 bits per heavy atom. The van der Waals surface area contributed by atoms with Gasteiger partial charge in [0.15, 0.2) is 5.65 Å². The maximum atomic E-state index is 5.88. The molecular formula is C15H16N6O2. The predicted molar refractivity (Wildman–Crippen MR) is 83.2 cm³/mol. The van der Waals surface area contributed by atoms with E-state index in [0.717, 1.165) is 23.2 Å². The highest BCUT2D eigenvalue weighted by Crippen LogP contribution is 2.32. The largest absolute Gasteiger partial charge is 0.481 e. The van der Waals surface area contributed by atoms with Gasteiger partial charge in [0.1, 0.15) is 18.2 Å². The average Bonchev–Trinajstić information content (AvgIpc) is 3.24. The van der Waals surface area contributed by atoms with Gasteiger partial charge >= 0.3 is 0 Å². The summed E-state index contributed by atoms with van der Waals surface area (Å²) in [7, 11) is 1.60. The van der Waals surface area contributed by atoms with Crippen molar-refractivity contribution in [1.29, 1.82) is 0 Å². The van der Waals surface area contributed by atoms with Gasteiger partial charge in [-0.05, 0) is 12.5 Å². The quantitative estimate of drug-likeness (QED) is 0.756. The Labute approximate surface area is 132 Å². The first-order chi connectivity index (χ1) is 11.3. The first kappa shape index (κ1) is 13.9. The van der Waals surface area contributed by atoms with Crippen LogP contribution in [0.1, 0.15) is 18.1 Å². The fraction of sp³-hybridized carbons (Fsp3) is 0.333. The molecular weight excluding hydrogens is 296 g/mol. The van der Waals surface area contributed by atoms with Crippen LogP contribution in [0, 0.1) is 0 Å². The van der Waals surface area contributed by atoms with Crippen molar-refractivity contribution < 1.29 is 9.47 Å². The van der Waals surface area contributed by atoms with Crippen LogP contribution < -0.4 is 10.1 Å². The molecule has 0 amide bonds. The average molecular weight is 312 g/mol. The number of pyridine rings is 1. The molecule has 1 aliphatic rings. The third-order valence-electron chi connectivity index (χ3n) is 3.96. The SMILES string of the molecule is COc1ccc([C@H]2OCC[C@@H]2Nc2ncnc3[nH]ncc23)cn1. The number of methoxy groups -OCH3 is 1. The Kier molecular flexibility index (Phi) is 3.51. The van der Waals surface area contributed by atoms with E-state index in [9.17, 15) is 0 Å². The monoisotopic (exact) mass is 312 g/mol. The third-order valence-corrected chi connectivity index (χ3v) is 3.96. The van der Waals surface area contributed by atoms with Crippen LogP contribution in [0.4, 0.5) is 5.82 Å². The van der Waals surface area contributed by atoms with Crippen LogP contribution >= 0.6 is 0 Å². The molecule has 0 saturated carbocycles. The van der Waals surface area contributed by atoms with Gasteiger partial charge in [0.2, 0.25) is 5.88 Å². The molecule has 3 aromatic heterocycles. The molecule has 2 N–H and O–H groups in total. The summed E-state index contributed by atoms with van der Waals surface area (Å²) in [6, 6.07) is 3.93. The first-order valence-corrected chi connectivity index (χ1v) is 7.37. The van der Waals surface area contributed by atoms with E-state index >= 15 is 0 Å². The zero-order chi connectivity index (χ0) is 15.6. The van der Waals surface area contributed by atoms with Crippen molar-refractivity contribution >= 4 is 16.9 Å². The van der Waals surface area contributed by atoms with E-state index in [1.165, 1.54) is 6.33 Å². The summed E-state index contributed by atoms with van der Waals surface area (Å²) in [6.07, 6.45) is 5.84. The second-order valence-electron chi connectivity index (χ2n) is 5.32. The summed E-state index contributed by atoms with van der Waals surface area (Å²) < 4.78 is 11.0. The second-order valence-corrected chi connectivity index (χ2v) is 5.32. The summed E-state index contributed by atoms with van der Waals surface area (Å²) in [4.78, 5) is 12.7. The summed E-state index contributed by atoms with van der Waals surface area (Å²) in [5, 5.41) is 11.2. The number of hydrogen-bond acceptors (Lipinski definition) is 7. The van der Waals surface area contributed by atoms with E-state index in [2.05, 4.69) is 30.5 Å². The summed E-state index contributed by atoms with van der Waals surface area (Å²) in [6.45, 7) is 0.688. The number of aromatic amines is 1. The van der Waals surface area contributed by atoms with E-state index in [1.807, 2.05) is 12.1 Å². The fourth-order valence-corrected chi connectivity index (χ4v) is 2.80. The smallest absolute Gasteiger partial charge is 0.212 e. The van der Waals surface area contributed by atoms with Gasteiger partial charge in [-0.25, -0.2) is 15.0 Å². The maximum Gasteiger partial charge on any atom is 0.212 e. The van der Waals surface area contributed by atoms with Gasteiger partial charge in [-0.3, -0.25) is 5.10 Å². The summed E-state index contributed by atoms with van der Waals surface area (Å²) in [5.41, 5.74) is 1.72. The van der Waals surface area contributed by atoms with Gasteiger partial charge in [-0.1, -0.05) is 0 Å². The summed E-state index contributed by atoms with van der Waals surface area (Å²) >= 11 is 0. The molecule has 23 heavy (non-hydrogen) atoms. The van der Waals surface area contributed by atoms with E-state index in [1.54, 1.807) is 19.5 Å². The van der Waals surface area contributed by atoms with Crippen LogP contribution in [-0.4, -0.2) is 44.9 Å². The molecule has 3 aromatic rings. The number of fused-ring (bicyclic) bond motifs is 1. The molecule has 0 radical (unpaired) electrons. The van der Waals surface area contributed by atoms with Crippen LogP contribution in [-0.2, 0) is 4.74 Å². The molecule has 0 unspecified atom stereocenters. The van der Waals surface area contributed by atoms with Crippen molar-refractivity contribution in [3.63, 3.8) is 0 Å². The maximum absolute atomic E-state index is 5.88. The number of nitrogens with zero attached hydrogens (tertiary/aromatic N) is 4. The minimum atomic E-state index is -0.0784. The number of rotatable bonds is 4. The Hall–Kier alpha value is -2.74. The highest BCUT2D eigenvalue weighted by Gasteiger charge is 2.30. The molecule has 0 aliphatic carbocycles. The third kappa shape index (κ3) is 2.57. The minimum Gasteiger partial charge on any atom is -0.481 e. The zero-order valence-electron chi connectivity index (χ0n) is 12.6. The van der Waals surface area contributed by atoms with E-state index in [-0.39, 0.29) is 12.1 Å². The molecule has 4 heterocycles. The molecule has 4 rings (SSSR count). The number of hydrogen-bond donors (Lipinski definition) is 2. The van der Waals surface area contributed by atoms with E-state index in [0.29, 0.717) is 18.1 Å². The van der Waals surface area contributed by atoms with Gasteiger partial charge < -0.3 is 14.8 Å². The second kappa shape index (κ2) is 5.81. The number of anilines is 1. The number of nitrogens with one attached hydrogen (secondary N) is 2. The lowest BCUT2D eigenvalue weighted by Crippen LogP contribution is -2.24. The highest BCUT2D eigenvalue weighted by molar-refractivity contribution is 5.85. The minimum absolute atomic E-state index is 0.0784.